The summed E-state index contributed by atoms with van der Waals surface area (Å²) >= 11 is 1.54. The van der Waals surface area contributed by atoms with Crippen LogP contribution >= 0.6 is 11.3 Å². The summed E-state index contributed by atoms with van der Waals surface area (Å²) in [5.74, 6) is 2.12. The summed E-state index contributed by atoms with van der Waals surface area (Å²) in [6.07, 6.45) is 0. The number of aromatic nitrogens is 1. The van der Waals surface area contributed by atoms with Gasteiger partial charge >= 0.3 is 0 Å². The minimum atomic E-state index is -0.0866. The molecule has 3 aromatic rings. The fourth-order valence-corrected chi connectivity index (χ4v) is 3.10. The van der Waals surface area contributed by atoms with E-state index in [4.69, 9.17) is 9.15 Å². The first-order chi connectivity index (χ1) is 11.7. The lowest BCUT2D eigenvalue weighted by Crippen LogP contribution is -2.18. The van der Waals surface area contributed by atoms with Gasteiger partial charge in [0.15, 0.2) is 5.76 Å². The quantitative estimate of drug-likeness (QED) is 0.732. The normalized spacial score (nSPS) is 10.6. The molecule has 1 N–H and O–H groups in total. The van der Waals surface area contributed by atoms with Gasteiger partial charge in [-0.25, -0.2) is 4.98 Å². The zero-order valence-corrected chi connectivity index (χ0v) is 14.4. The van der Waals surface area contributed by atoms with Gasteiger partial charge in [-0.2, -0.15) is 0 Å². The highest BCUT2D eigenvalue weighted by Crippen LogP contribution is 2.34. The Labute approximate surface area is 144 Å². The Morgan fingerprint density at radius 3 is 2.92 bits per heavy atom. The molecule has 3 rings (SSSR count). The monoisotopic (exact) mass is 342 g/mol. The van der Waals surface area contributed by atoms with Crippen molar-refractivity contribution in [3.05, 3.63) is 47.5 Å². The van der Waals surface area contributed by atoms with Crippen LogP contribution in [-0.4, -0.2) is 17.5 Å². The third-order valence-corrected chi connectivity index (χ3v) is 4.22. The Bertz CT molecular complexity index is 838. The van der Waals surface area contributed by atoms with Gasteiger partial charge in [0.25, 0.3) is 0 Å². The van der Waals surface area contributed by atoms with Crippen molar-refractivity contribution < 1.29 is 13.9 Å². The van der Waals surface area contributed by atoms with Gasteiger partial charge in [-0.05, 0) is 31.2 Å². The van der Waals surface area contributed by atoms with Crippen LogP contribution in [0.2, 0.25) is 0 Å². The Balaban J connectivity index is 1.82. The summed E-state index contributed by atoms with van der Waals surface area (Å²) in [5.41, 5.74) is 1.75. The van der Waals surface area contributed by atoms with Crippen molar-refractivity contribution in [2.45, 2.75) is 20.4 Å². The molecule has 0 saturated carbocycles. The van der Waals surface area contributed by atoms with E-state index in [1.54, 1.807) is 11.3 Å². The highest BCUT2D eigenvalue weighted by Gasteiger charge is 2.13. The number of furan rings is 1. The van der Waals surface area contributed by atoms with Crippen LogP contribution in [-0.2, 0) is 11.3 Å². The molecule has 2 heterocycles. The number of para-hydroxylation sites is 1. The van der Waals surface area contributed by atoms with Crippen molar-refractivity contribution in [3.8, 4) is 27.8 Å². The van der Waals surface area contributed by atoms with E-state index in [9.17, 15) is 4.79 Å². The van der Waals surface area contributed by atoms with Crippen LogP contribution in [0.25, 0.3) is 22.0 Å². The minimum Gasteiger partial charge on any atom is -0.493 e. The van der Waals surface area contributed by atoms with Crippen molar-refractivity contribution in [2.75, 3.05) is 6.61 Å². The molecule has 24 heavy (non-hydrogen) atoms. The summed E-state index contributed by atoms with van der Waals surface area (Å²) in [6, 6.07) is 11.6. The molecule has 0 fully saturated rings. The first kappa shape index (κ1) is 16.3. The molecule has 2 aromatic heterocycles. The summed E-state index contributed by atoms with van der Waals surface area (Å²) in [4.78, 5) is 15.6. The molecule has 1 amide bonds. The van der Waals surface area contributed by atoms with Crippen LogP contribution in [0.5, 0.6) is 5.75 Å². The predicted octanol–water partition coefficient (Wildman–Crippen LogP) is 4.10. The van der Waals surface area contributed by atoms with Crippen molar-refractivity contribution in [1.29, 1.82) is 0 Å². The lowest BCUT2D eigenvalue weighted by Gasteiger charge is -2.07. The second-order valence-electron chi connectivity index (χ2n) is 5.14. The number of benzene rings is 1. The van der Waals surface area contributed by atoms with Gasteiger partial charge < -0.3 is 14.5 Å². The number of hydrogen-bond donors (Lipinski definition) is 1. The van der Waals surface area contributed by atoms with Gasteiger partial charge in [-0.15, -0.1) is 11.3 Å². The molecular formula is C18H18N2O3S. The number of rotatable bonds is 6. The maximum absolute atomic E-state index is 11.0. The molecule has 0 aliphatic carbocycles. The molecule has 0 aliphatic rings. The Kier molecular flexibility index (Phi) is 4.96. The van der Waals surface area contributed by atoms with E-state index >= 15 is 0 Å². The van der Waals surface area contributed by atoms with Crippen LogP contribution in [0, 0.1) is 0 Å². The molecule has 0 spiro atoms. The van der Waals surface area contributed by atoms with Crippen molar-refractivity contribution in [3.63, 3.8) is 0 Å². The lowest BCUT2D eigenvalue weighted by atomic mass is 10.2. The van der Waals surface area contributed by atoms with Crippen LogP contribution in [0.1, 0.15) is 19.6 Å². The average molecular weight is 342 g/mol. The second-order valence-corrected chi connectivity index (χ2v) is 6.00. The van der Waals surface area contributed by atoms with Crippen molar-refractivity contribution in [1.82, 2.24) is 10.3 Å². The highest BCUT2D eigenvalue weighted by molar-refractivity contribution is 7.13. The number of nitrogens with one attached hydrogen (secondary N) is 1. The number of nitrogens with zero attached hydrogens (tertiary/aromatic N) is 1. The third-order valence-electron chi connectivity index (χ3n) is 3.35. The molecule has 5 nitrogen and oxygen atoms in total. The molecule has 124 valence electrons. The molecule has 0 saturated heterocycles. The van der Waals surface area contributed by atoms with Crippen molar-refractivity contribution >= 4 is 17.2 Å². The van der Waals surface area contributed by atoms with Gasteiger partial charge in [0.1, 0.15) is 22.2 Å². The molecule has 1 aromatic carbocycles. The largest absolute Gasteiger partial charge is 0.493 e. The number of carbonyl (C=O) groups excluding carboxylic acids is 1. The van der Waals surface area contributed by atoms with Gasteiger partial charge in [0.2, 0.25) is 5.91 Å². The summed E-state index contributed by atoms with van der Waals surface area (Å²) in [7, 11) is 0. The Hall–Kier alpha value is -2.60. The zero-order valence-electron chi connectivity index (χ0n) is 13.5. The van der Waals surface area contributed by atoms with Crippen LogP contribution in [0.3, 0.4) is 0 Å². The standard InChI is InChI=1S/C18H18N2O3S/c1-3-22-16-7-5-4-6-14(16)18-20-15(11-24-18)17-9-8-13(23-17)10-19-12(2)21/h4-9,11H,3,10H2,1-2H3,(H,19,21). The number of thiazole rings is 1. The molecule has 0 aliphatic heterocycles. The number of ether oxygens (including phenoxy) is 1. The van der Waals surface area contributed by atoms with E-state index < -0.39 is 0 Å². The third kappa shape index (κ3) is 3.65. The van der Waals surface area contributed by atoms with Gasteiger partial charge in [0.05, 0.1) is 18.7 Å². The fraction of sp³-hybridized carbons (Fsp3) is 0.222. The first-order valence-electron chi connectivity index (χ1n) is 7.68. The maximum Gasteiger partial charge on any atom is 0.217 e. The van der Waals surface area contributed by atoms with Crippen LogP contribution < -0.4 is 10.1 Å². The summed E-state index contributed by atoms with van der Waals surface area (Å²) in [6.45, 7) is 4.43. The number of amides is 1. The average Bonchev–Trinajstić information content (AvgIpc) is 3.23. The molecule has 0 atom stereocenters. The fourth-order valence-electron chi connectivity index (χ4n) is 2.26. The van der Waals surface area contributed by atoms with E-state index in [1.165, 1.54) is 6.92 Å². The molecule has 6 heteroatoms. The number of hydrogen-bond acceptors (Lipinski definition) is 5. The summed E-state index contributed by atoms with van der Waals surface area (Å²) < 4.78 is 11.4. The SMILES string of the molecule is CCOc1ccccc1-c1nc(-c2ccc(CNC(C)=O)o2)cs1. The molecule has 0 unspecified atom stereocenters. The smallest absolute Gasteiger partial charge is 0.217 e. The van der Waals surface area contributed by atoms with E-state index in [2.05, 4.69) is 10.3 Å². The number of carbonyl (C=O) groups is 1. The van der Waals surface area contributed by atoms with Gasteiger partial charge in [-0.1, -0.05) is 12.1 Å². The minimum absolute atomic E-state index is 0.0866. The highest BCUT2D eigenvalue weighted by atomic mass is 32.1. The van der Waals surface area contributed by atoms with Crippen LogP contribution in [0.15, 0.2) is 46.2 Å². The van der Waals surface area contributed by atoms with E-state index in [0.717, 1.165) is 22.0 Å². The molecule has 0 radical (unpaired) electrons. The van der Waals surface area contributed by atoms with E-state index in [-0.39, 0.29) is 5.91 Å². The first-order valence-corrected chi connectivity index (χ1v) is 8.56. The Morgan fingerprint density at radius 2 is 2.12 bits per heavy atom. The second kappa shape index (κ2) is 7.31. The topological polar surface area (TPSA) is 64.4 Å². The maximum atomic E-state index is 11.0. The molecule has 0 bridgehead atoms. The van der Waals surface area contributed by atoms with Crippen molar-refractivity contribution in [2.24, 2.45) is 0 Å². The zero-order chi connectivity index (χ0) is 16.9. The Morgan fingerprint density at radius 1 is 1.29 bits per heavy atom. The van der Waals surface area contributed by atoms with Gasteiger partial charge in [-0.3, -0.25) is 4.79 Å². The molecular weight excluding hydrogens is 324 g/mol. The van der Waals surface area contributed by atoms with E-state index in [0.29, 0.717) is 24.7 Å². The summed E-state index contributed by atoms with van der Waals surface area (Å²) in [5, 5.41) is 5.55. The lowest BCUT2D eigenvalue weighted by molar-refractivity contribution is -0.119. The van der Waals surface area contributed by atoms with Crippen LogP contribution in [0.4, 0.5) is 0 Å². The predicted molar refractivity (Wildman–Crippen MR) is 93.9 cm³/mol. The van der Waals surface area contributed by atoms with E-state index in [1.807, 2.05) is 48.7 Å². The van der Waals surface area contributed by atoms with Gasteiger partial charge in [0, 0.05) is 12.3 Å².